The summed E-state index contributed by atoms with van der Waals surface area (Å²) in [6.45, 7) is 2.14. The largest absolute Gasteiger partial charge is 0.487 e. The van der Waals surface area contributed by atoms with Crippen LogP contribution in [0.5, 0.6) is 0 Å². The van der Waals surface area contributed by atoms with Gasteiger partial charge in [-0.1, -0.05) is 6.92 Å². The first kappa shape index (κ1) is 18.5. The van der Waals surface area contributed by atoms with Crippen molar-refractivity contribution in [3.63, 3.8) is 0 Å². The molecule has 80 valence electrons. The van der Waals surface area contributed by atoms with E-state index in [-0.39, 0.29) is 5.17 Å². The lowest BCUT2D eigenvalue weighted by Gasteiger charge is -1.85. The molecule has 0 aromatic carbocycles. The van der Waals surface area contributed by atoms with E-state index in [9.17, 15) is 0 Å². The molecule has 0 saturated carbocycles. The van der Waals surface area contributed by atoms with Gasteiger partial charge in [0.1, 0.15) is 0 Å². The molecule has 0 spiro atoms. The van der Waals surface area contributed by atoms with Gasteiger partial charge in [0, 0.05) is 0 Å². The molecular weight excluding hydrogens is 228 g/mol. The lowest BCUT2D eigenvalue weighted by atomic mass is 11.0. The minimum Gasteiger partial charge on any atom is -0.487 e. The Hall–Kier alpha value is -0.270. The van der Waals surface area contributed by atoms with Gasteiger partial charge < -0.3 is 21.3 Å². The fourth-order valence-electron chi connectivity index (χ4n) is 0. The van der Waals surface area contributed by atoms with Gasteiger partial charge in [-0.25, -0.2) is 0 Å². The molecule has 4 nitrogen and oxygen atoms in total. The van der Waals surface area contributed by atoms with Crippen LogP contribution in [0.3, 0.4) is 0 Å². The van der Waals surface area contributed by atoms with Crippen molar-refractivity contribution in [2.45, 2.75) is 6.92 Å². The number of rotatable bonds is 1. The molecule has 0 aromatic heterocycles. The Bertz CT molecular complexity index is 127. The van der Waals surface area contributed by atoms with Gasteiger partial charge in [0.25, 0.3) is 10.3 Å². The first-order valence-corrected chi connectivity index (χ1v) is 5.44. The van der Waals surface area contributed by atoms with Crippen molar-refractivity contribution in [2.75, 3.05) is 19.1 Å². The van der Waals surface area contributed by atoms with Crippen molar-refractivity contribution in [1.82, 2.24) is 0 Å². The van der Waals surface area contributed by atoms with E-state index in [4.69, 9.17) is 10.8 Å². The maximum Gasteiger partial charge on any atom is 0.253 e. The number of thiocarbonyl (C=S) groups is 2. The SMILES string of the molecule is CCSC.COC(N)=S.NC(O)=S. The van der Waals surface area contributed by atoms with Crippen LogP contribution in [0.4, 0.5) is 0 Å². The molecule has 0 amide bonds. The predicted molar refractivity (Wildman–Crippen MR) is 67.3 cm³/mol. The van der Waals surface area contributed by atoms with Crippen LogP contribution in [-0.4, -0.2) is 34.6 Å². The first-order valence-electron chi connectivity index (χ1n) is 3.23. The van der Waals surface area contributed by atoms with E-state index in [1.165, 1.54) is 12.9 Å². The summed E-state index contributed by atoms with van der Waals surface area (Å²) in [4.78, 5) is 0. The van der Waals surface area contributed by atoms with Crippen LogP contribution in [-0.2, 0) is 4.74 Å². The fourth-order valence-corrected chi connectivity index (χ4v) is 0. The van der Waals surface area contributed by atoms with E-state index in [0.717, 1.165) is 0 Å². The zero-order chi connectivity index (χ0) is 11.3. The lowest BCUT2D eigenvalue weighted by Crippen LogP contribution is -2.08. The number of nitrogens with two attached hydrogens (primary N) is 2. The highest BCUT2D eigenvalue weighted by atomic mass is 32.2. The molecular formula is C6H16N2O2S3. The molecule has 13 heavy (non-hydrogen) atoms. The highest BCUT2D eigenvalue weighted by molar-refractivity contribution is 7.98. The minimum atomic E-state index is -0.500. The van der Waals surface area contributed by atoms with Gasteiger partial charge >= 0.3 is 0 Å². The molecule has 0 heterocycles. The van der Waals surface area contributed by atoms with Gasteiger partial charge in [0.15, 0.2) is 0 Å². The van der Waals surface area contributed by atoms with Gasteiger partial charge in [-0.2, -0.15) is 11.8 Å². The molecule has 0 aliphatic heterocycles. The second kappa shape index (κ2) is 17.7. The van der Waals surface area contributed by atoms with Crippen LogP contribution in [0.1, 0.15) is 6.92 Å². The van der Waals surface area contributed by atoms with Crippen LogP contribution < -0.4 is 11.5 Å². The lowest BCUT2D eigenvalue weighted by molar-refractivity contribution is 0.408. The summed E-state index contributed by atoms with van der Waals surface area (Å²) in [5, 5.41) is 7.15. The average molecular weight is 244 g/mol. The molecule has 0 fully saturated rings. The highest BCUT2D eigenvalue weighted by Gasteiger charge is 1.69. The molecule has 0 unspecified atom stereocenters. The summed E-state index contributed by atoms with van der Waals surface area (Å²) in [7, 11) is 1.43. The Kier molecular flexibility index (Phi) is 25.2. The highest BCUT2D eigenvalue weighted by Crippen LogP contribution is 1.83. The second-order valence-corrected chi connectivity index (χ2v) is 3.41. The van der Waals surface area contributed by atoms with E-state index < -0.39 is 5.17 Å². The smallest absolute Gasteiger partial charge is 0.253 e. The summed E-state index contributed by atoms with van der Waals surface area (Å²) in [6.07, 6.45) is 2.10. The van der Waals surface area contributed by atoms with E-state index >= 15 is 0 Å². The molecule has 0 atom stereocenters. The van der Waals surface area contributed by atoms with Crippen LogP contribution in [0.2, 0.25) is 0 Å². The molecule has 0 aliphatic rings. The molecule has 0 aromatic rings. The van der Waals surface area contributed by atoms with Gasteiger partial charge in [-0.3, -0.25) is 0 Å². The number of methoxy groups -OCH3 is 1. The zero-order valence-electron chi connectivity index (χ0n) is 7.94. The maximum atomic E-state index is 7.56. The predicted octanol–water partition coefficient (Wildman–Crippen LogP) is 1.03. The Morgan fingerprint density at radius 3 is 1.62 bits per heavy atom. The summed E-state index contributed by atoms with van der Waals surface area (Å²) in [5.41, 5.74) is 9.20. The van der Waals surface area contributed by atoms with Crippen molar-refractivity contribution < 1.29 is 9.84 Å². The third-order valence-corrected chi connectivity index (χ3v) is 1.23. The molecule has 5 N–H and O–H groups in total. The van der Waals surface area contributed by atoms with E-state index in [1.54, 1.807) is 0 Å². The second-order valence-electron chi connectivity index (χ2n) is 1.44. The first-order chi connectivity index (χ1) is 5.92. The van der Waals surface area contributed by atoms with Crippen molar-refractivity contribution in [1.29, 1.82) is 0 Å². The molecule has 7 heteroatoms. The zero-order valence-corrected chi connectivity index (χ0v) is 10.4. The Morgan fingerprint density at radius 1 is 1.46 bits per heavy atom. The topological polar surface area (TPSA) is 81.5 Å². The Morgan fingerprint density at radius 2 is 1.62 bits per heavy atom. The maximum absolute atomic E-state index is 7.56. The molecule has 0 aliphatic carbocycles. The summed E-state index contributed by atoms with van der Waals surface area (Å²) in [6, 6.07) is 0. The van der Waals surface area contributed by atoms with E-state index in [0.29, 0.717) is 0 Å². The fraction of sp³-hybridized carbons (Fsp3) is 0.667. The summed E-state index contributed by atoms with van der Waals surface area (Å²) >= 11 is 9.98. The Labute approximate surface area is 94.0 Å². The number of aliphatic hydroxyl groups is 1. The summed E-state index contributed by atoms with van der Waals surface area (Å²) in [5.74, 6) is 1.24. The van der Waals surface area contributed by atoms with Crippen LogP contribution in [0, 0.1) is 0 Å². The third-order valence-electron chi connectivity index (χ3n) is 0.490. The standard InChI is InChI=1S/C3H8S.C2H5NOS.CH3NOS/c1-3-4-2;1-4-2(3)5;2-1(3)4/h3H2,1-2H3;1H3,(H2,3,5);(H3,2,3,4). The molecule has 0 rings (SSSR count). The van der Waals surface area contributed by atoms with Crippen molar-refractivity contribution in [3.05, 3.63) is 0 Å². The van der Waals surface area contributed by atoms with Gasteiger partial charge in [0.2, 0.25) is 0 Å². The number of thioether (sulfide) groups is 1. The van der Waals surface area contributed by atoms with E-state index in [2.05, 4.69) is 48.1 Å². The Balaban J connectivity index is -0.000000117. The van der Waals surface area contributed by atoms with Crippen molar-refractivity contribution in [3.8, 4) is 0 Å². The van der Waals surface area contributed by atoms with Crippen LogP contribution >= 0.6 is 36.2 Å². The normalized spacial score (nSPS) is 6.69. The number of aliphatic hydroxyl groups excluding tert-OH is 1. The van der Waals surface area contributed by atoms with Crippen LogP contribution in [0.25, 0.3) is 0 Å². The molecule has 0 bridgehead atoms. The quantitative estimate of drug-likeness (QED) is 0.594. The molecule has 0 saturated heterocycles. The average Bonchev–Trinajstić information content (AvgIpc) is 2.04. The minimum absolute atomic E-state index is 0.0880. The summed E-state index contributed by atoms with van der Waals surface area (Å²) < 4.78 is 4.26. The van der Waals surface area contributed by atoms with Gasteiger partial charge in [0.05, 0.1) is 7.11 Å². The monoisotopic (exact) mass is 244 g/mol. The van der Waals surface area contributed by atoms with Crippen molar-refractivity contribution in [2.24, 2.45) is 11.5 Å². The molecule has 0 radical (unpaired) electrons. The van der Waals surface area contributed by atoms with Gasteiger partial charge in [-0.05, 0) is 36.4 Å². The third kappa shape index (κ3) is 149. The number of ether oxygens (including phenoxy) is 1. The van der Waals surface area contributed by atoms with Crippen LogP contribution in [0.15, 0.2) is 0 Å². The van der Waals surface area contributed by atoms with E-state index in [1.807, 2.05) is 11.8 Å². The van der Waals surface area contributed by atoms with Crippen molar-refractivity contribution >= 4 is 46.5 Å². The number of hydrogen-bond acceptors (Lipinski definition) is 4. The number of hydrogen-bond donors (Lipinski definition) is 3. The van der Waals surface area contributed by atoms with Gasteiger partial charge in [-0.15, -0.1) is 0 Å².